The molecule has 36 heavy (non-hydrogen) atoms. The number of nitrogens with zero attached hydrogens (tertiary/aromatic N) is 5. The van der Waals surface area contributed by atoms with Gasteiger partial charge in [0.25, 0.3) is 0 Å². The van der Waals surface area contributed by atoms with Gasteiger partial charge in [-0.3, -0.25) is 19.2 Å². The van der Waals surface area contributed by atoms with Crippen molar-refractivity contribution in [1.29, 1.82) is 0 Å². The molecule has 1 unspecified atom stereocenters. The summed E-state index contributed by atoms with van der Waals surface area (Å²) in [7, 11) is 0. The molecule has 1 fully saturated rings. The van der Waals surface area contributed by atoms with Crippen molar-refractivity contribution in [1.82, 2.24) is 29.5 Å². The zero-order valence-corrected chi connectivity index (χ0v) is 19.5. The van der Waals surface area contributed by atoms with Gasteiger partial charge in [-0.05, 0) is 54.6 Å². The second kappa shape index (κ2) is 9.79. The molecule has 188 valence electrons. The fraction of sp³-hybridized carbons (Fsp3) is 0.273. The van der Waals surface area contributed by atoms with Crippen LogP contribution < -0.4 is 10.6 Å². The number of nitrogens with one attached hydrogen (secondary N) is 3. The molecular weight excluding hydrogens is 497 g/mol. The van der Waals surface area contributed by atoms with E-state index in [1.165, 1.54) is 11.8 Å². The van der Waals surface area contributed by atoms with E-state index in [9.17, 15) is 23.1 Å². The molecule has 5 rings (SSSR count). The van der Waals surface area contributed by atoms with Gasteiger partial charge in [0.05, 0.1) is 12.6 Å². The third-order valence-corrected chi connectivity index (χ3v) is 6.33. The second-order valence-corrected chi connectivity index (χ2v) is 9.25. The second-order valence-electron chi connectivity index (χ2n) is 8.21. The number of carbonyl (C=O) groups excluding carboxylic acids is 1. The highest BCUT2D eigenvalue weighted by Crippen LogP contribution is 2.31. The predicted octanol–water partition coefficient (Wildman–Crippen LogP) is 3.37. The van der Waals surface area contributed by atoms with Gasteiger partial charge in [0.15, 0.2) is 11.0 Å². The number of hydrogen-bond acceptors (Lipinski definition) is 8. The predicted molar refractivity (Wildman–Crippen MR) is 126 cm³/mol. The van der Waals surface area contributed by atoms with Crippen LogP contribution in [-0.2, 0) is 11.0 Å². The number of halogens is 3. The maximum absolute atomic E-state index is 12.9. The van der Waals surface area contributed by atoms with E-state index in [1.807, 2.05) is 22.1 Å². The molecule has 0 aliphatic carbocycles. The Morgan fingerprint density at radius 3 is 2.72 bits per heavy atom. The van der Waals surface area contributed by atoms with Crippen LogP contribution in [0.1, 0.15) is 12.1 Å². The SMILES string of the molecule is O=C(CN1CCC(O)C1)Nc1ccc(Sc2nc(Nc3cc(C(F)(F)F)[nH]n3)n3cccc3n2)cc1. The molecule has 0 bridgehead atoms. The van der Waals surface area contributed by atoms with Crippen molar-refractivity contribution in [3.05, 3.63) is 54.4 Å². The minimum atomic E-state index is -4.54. The first-order chi connectivity index (χ1) is 17.2. The Kier molecular flexibility index (Phi) is 6.55. The summed E-state index contributed by atoms with van der Waals surface area (Å²) in [5.41, 5.74) is 0.216. The molecule has 3 aromatic heterocycles. The smallest absolute Gasteiger partial charge is 0.392 e. The number of fused-ring (bicyclic) bond motifs is 1. The van der Waals surface area contributed by atoms with E-state index in [-0.39, 0.29) is 30.3 Å². The Morgan fingerprint density at radius 2 is 2.03 bits per heavy atom. The van der Waals surface area contributed by atoms with Gasteiger partial charge in [-0.1, -0.05) is 0 Å². The van der Waals surface area contributed by atoms with Crippen LogP contribution in [0.5, 0.6) is 0 Å². The van der Waals surface area contributed by atoms with E-state index in [4.69, 9.17) is 0 Å². The van der Waals surface area contributed by atoms with Crippen LogP contribution >= 0.6 is 11.8 Å². The summed E-state index contributed by atoms with van der Waals surface area (Å²) < 4.78 is 40.3. The van der Waals surface area contributed by atoms with E-state index >= 15 is 0 Å². The molecule has 0 radical (unpaired) electrons. The van der Waals surface area contributed by atoms with Crippen molar-refractivity contribution >= 4 is 40.8 Å². The molecule has 0 spiro atoms. The summed E-state index contributed by atoms with van der Waals surface area (Å²) in [5.74, 6) is 0.0634. The van der Waals surface area contributed by atoms with E-state index in [0.29, 0.717) is 36.0 Å². The minimum absolute atomic E-state index is 0.0319. The highest BCUT2D eigenvalue weighted by molar-refractivity contribution is 7.99. The number of aromatic nitrogens is 5. The lowest BCUT2D eigenvalue weighted by molar-refractivity contribution is -0.141. The zero-order valence-electron chi connectivity index (χ0n) is 18.7. The van der Waals surface area contributed by atoms with E-state index < -0.39 is 11.9 Å². The van der Waals surface area contributed by atoms with Crippen LogP contribution in [0.15, 0.2) is 58.7 Å². The number of aliphatic hydroxyl groups excluding tert-OH is 1. The van der Waals surface area contributed by atoms with E-state index in [0.717, 1.165) is 11.0 Å². The number of hydrogen-bond donors (Lipinski definition) is 4. The van der Waals surface area contributed by atoms with Crippen LogP contribution in [-0.4, -0.2) is 66.2 Å². The Morgan fingerprint density at radius 1 is 1.22 bits per heavy atom. The Labute approximate surface area is 206 Å². The summed E-state index contributed by atoms with van der Waals surface area (Å²) in [6, 6.07) is 11.5. The summed E-state index contributed by atoms with van der Waals surface area (Å²) in [4.78, 5) is 23.9. The molecule has 1 saturated heterocycles. The molecule has 1 aliphatic rings. The normalized spacial score (nSPS) is 16.5. The quantitative estimate of drug-likeness (QED) is 0.294. The third kappa shape index (κ3) is 5.61. The fourth-order valence-electron chi connectivity index (χ4n) is 3.76. The number of carbonyl (C=O) groups is 1. The summed E-state index contributed by atoms with van der Waals surface area (Å²) in [5, 5.41) is 21.2. The van der Waals surface area contributed by atoms with Gasteiger partial charge in [-0.15, -0.1) is 0 Å². The van der Waals surface area contributed by atoms with Crippen molar-refractivity contribution in [3.8, 4) is 0 Å². The first-order valence-electron chi connectivity index (χ1n) is 11.0. The van der Waals surface area contributed by atoms with Gasteiger partial charge in [0.2, 0.25) is 11.9 Å². The summed E-state index contributed by atoms with van der Waals surface area (Å²) in [6.45, 7) is 1.40. The Balaban J connectivity index is 1.27. The first-order valence-corrected chi connectivity index (χ1v) is 11.8. The standard InChI is InChI=1S/C22H21F3N8O2S/c23-22(24,25)16-10-17(31-30-16)27-20-29-21(28-18-2-1-8-33(18)20)36-15-5-3-13(4-6-15)26-19(35)12-32-9-7-14(34)11-32/h1-6,8,10,14,34H,7,9,11-12H2,(H,26,35)(H2,27,28,29,30,31). The first kappa shape index (κ1) is 24.1. The highest BCUT2D eigenvalue weighted by atomic mass is 32.2. The largest absolute Gasteiger partial charge is 0.432 e. The van der Waals surface area contributed by atoms with E-state index in [1.54, 1.807) is 34.9 Å². The molecule has 10 nitrogen and oxygen atoms in total. The minimum Gasteiger partial charge on any atom is -0.392 e. The highest BCUT2D eigenvalue weighted by Gasteiger charge is 2.33. The molecule has 1 aromatic carbocycles. The Hall–Kier alpha value is -3.62. The summed E-state index contributed by atoms with van der Waals surface area (Å²) >= 11 is 1.26. The van der Waals surface area contributed by atoms with Crippen LogP contribution in [0.4, 0.5) is 30.6 Å². The zero-order chi connectivity index (χ0) is 25.3. The van der Waals surface area contributed by atoms with Crippen LogP contribution in [0.3, 0.4) is 0 Å². The number of anilines is 3. The van der Waals surface area contributed by atoms with Crippen LogP contribution in [0.2, 0.25) is 0 Å². The number of likely N-dealkylation sites (tertiary alicyclic amines) is 1. The van der Waals surface area contributed by atoms with Crippen molar-refractivity contribution in [3.63, 3.8) is 0 Å². The molecular formula is C22H21F3N8O2S. The fourth-order valence-corrected chi connectivity index (χ4v) is 4.51. The number of aromatic amines is 1. The number of β-amino-alcohol motifs (C(OH)–C–C–N with tert-alkyl or cyclic N) is 1. The van der Waals surface area contributed by atoms with Crippen molar-refractivity contribution < 1.29 is 23.1 Å². The number of rotatable bonds is 7. The molecule has 4 N–H and O–H groups in total. The maximum Gasteiger partial charge on any atom is 0.432 e. The molecule has 4 aromatic rings. The molecule has 1 amide bonds. The molecule has 1 aliphatic heterocycles. The molecule has 1 atom stereocenters. The monoisotopic (exact) mass is 518 g/mol. The number of aliphatic hydroxyl groups is 1. The van der Waals surface area contributed by atoms with Gasteiger partial charge < -0.3 is 15.7 Å². The van der Waals surface area contributed by atoms with Gasteiger partial charge in [-0.25, -0.2) is 4.98 Å². The molecule has 14 heteroatoms. The van der Waals surface area contributed by atoms with Gasteiger partial charge in [0, 0.05) is 35.9 Å². The average Bonchev–Trinajstić information content (AvgIpc) is 3.56. The molecule has 0 saturated carbocycles. The van der Waals surface area contributed by atoms with Crippen molar-refractivity contribution in [2.24, 2.45) is 0 Å². The van der Waals surface area contributed by atoms with Gasteiger partial charge >= 0.3 is 6.18 Å². The third-order valence-electron chi connectivity index (χ3n) is 5.45. The number of amides is 1. The van der Waals surface area contributed by atoms with Crippen molar-refractivity contribution in [2.75, 3.05) is 30.3 Å². The lowest BCUT2D eigenvalue weighted by atomic mass is 10.3. The lowest BCUT2D eigenvalue weighted by Crippen LogP contribution is -2.32. The summed E-state index contributed by atoms with van der Waals surface area (Å²) in [6.07, 6.45) is -2.56. The number of H-pyrrole nitrogens is 1. The van der Waals surface area contributed by atoms with Crippen molar-refractivity contribution in [2.45, 2.75) is 28.8 Å². The van der Waals surface area contributed by atoms with E-state index in [2.05, 4.69) is 25.7 Å². The number of benzene rings is 1. The van der Waals surface area contributed by atoms with Crippen LogP contribution in [0, 0.1) is 0 Å². The topological polar surface area (TPSA) is 123 Å². The van der Waals surface area contributed by atoms with Gasteiger partial charge in [-0.2, -0.15) is 23.3 Å². The van der Waals surface area contributed by atoms with Crippen LogP contribution in [0.25, 0.3) is 5.65 Å². The Bertz CT molecular complexity index is 1370. The van der Waals surface area contributed by atoms with Gasteiger partial charge in [0.1, 0.15) is 11.3 Å². The maximum atomic E-state index is 12.9. The lowest BCUT2D eigenvalue weighted by Gasteiger charge is -2.14. The number of alkyl halides is 3. The molecule has 4 heterocycles. The average molecular weight is 519 g/mol.